The van der Waals surface area contributed by atoms with Crippen molar-refractivity contribution in [2.45, 2.75) is 79.9 Å². The molecule has 166 valence electrons. The van der Waals surface area contributed by atoms with Crippen LogP contribution in [0.25, 0.3) is 0 Å². The zero-order valence-electron chi connectivity index (χ0n) is 19.7. The number of allylic oxidation sites excluding steroid dienone is 4. The van der Waals surface area contributed by atoms with Gasteiger partial charge in [0.15, 0.2) is 11.5 Å². The number of fused-ring (bicyclic) bond motifs is 1. The molecule has 1 fully saturated rings. The highest BCUT2D eigenvalue weighted by atomic mass is 16.3. The van der Waals surface area contributed by atoms with Crippen molar-refractivity contribution < 1.29 is 14.7 Å². The predicted octanol–water partition coefficient (Wildman–Crippen LogP) is 4.95. The van der Waals surface area contributed by atoms with E-state index in [1.807, 2.05) is 20.8 Å². The molecule has 4 nitrogen and oxygen atoms in total. The minimum absolute atomic E-state index is 0.0153. The van der Waals surface area contributed by atoms with Gasteiger partial charge in [0.2, 0.25) is 0 Å². The minimum Gasteiger partial charge on any atom is -0.367 e. The van der Waals surface area contributed by atoms with Crippen LogP contribution in [0.1, 0.15) is 74.1 Å². The first-order chi connectivity index (χ1) is 13.9. The standard InChI is InChI=1S/C26H39NO3/c1-8-17(5)21-18(6)13-25(7)12-16(4)9-10-20(25)22(21)23(28)19-14-26(30,11-15(2)3)27-24(19)29/h8,13-16,20-22,30H,9-12H2,1-7H3,(H,27,29)/b17-8+/t16-,20+,21-,22+,25+,26+/m0/s1. The molecule has 0 spiro atoms. The molecule has 1 aliphatic heterocycles. The van der Waals surface area contributed by atoms with Crippen molar-refractivity contribution in [1.29, 1.82) is 0 Å². The molecule has 2 aliphatic carbocycles. The van der Waals surface area contributed by atoms with E-state index in [9.17, 15) is 14.7 Å². The molecule has 0 radical (unpaired) electrons. The Morgan fingerprint density at radius 2 is 2.00 bits per heavy atom. The third-order valence-corrected chi connectivity index (χ3v) is 7.64. The first kappa shape index (κ1) is 23.0. The van der Waals surface area contributed by atoms with E-state index < -0.39 is 11.6 Å². The van der Waals surface area contributed by atoms with Crippen molar-refractivity contribution in [2.24, 2.45) is 35.0 Å². The topological polar surface area (TPSA) is 66.4 Å². The van der Waals surface area contributed by atoms with E-state index in [0.29, 0.717) is 12.3 Å². The fourth-order valence-corrected chi connectivity index (χ4v) is 6.53. The molecule has 30 heavy (non-hydrogen) atoms. The van der Waals surface area contributed by atoms with Gasteiger partial charge in [0.1, 0.15) is 0 Å². The van der Waals surface area contributed by atoms with E-state index in [1.165, 1.54) is 17.2 Å². The van der Waals surface area contributed by atoms with Gasteiger partial charge >= 0.3 is 0 Å². The Morgan fingerprint density at radius 3 is 2.60 bits per heavy atom. The van der Waals surface area contributed by atoms with Gasteiger partial charge in [0.05, 0.1) is 5.57 Å². The summed E-state index contributed by atoms with van der Waals surface area (Å²) in [6.07, 6.45) is 9.58. The second-order valence-electron chi connectivity index (χ2n) is 10.8. The van der Waals surface area contributed by atoms with E-state index in [2.05, 4.69) is 45.2 Å². The zero-order chi connectivity index (χ0) is 22.4. The number of ketones is 1. The average Bonchev–Trinajstić information content (AvgIpc) is 2.91. The molecule has 2 N–H and O–H groups in total. The van der Waals surface area contributed by atoms with Gasteiger partial charge in [-0.15, -0.1) is 0 Å². The van der Waals surface area contributed by atoms with E-state index in [1.54, 1.807) is 0 Å². The summed E-state index contributed by atoms with van der Waals surface area (Å²) in [6.45, 7) is 14.8. The normalized spacial score (nSPS) is 39.4. The van der Waals surface area contributed by atoms with Crippen molar-refractivity contribution >= 4 is 11.7 Å². The van der Waals surface area contributed by atoms with Gasteiger partial charge in [0.25, 0.3) is 5.91 Å². The van der Waals surface area contributed by atoms with Crippen molar-refractivity contribution in [3.05, 3.63) is 34.9 Å². The van der Waals surface area contributed by atoms with Crippen molar-refractivity contribution in [3.63, 3.8) is 0 Å². The lowest BCUT2D eigenvalue weighted by Gasteiger charge is -2.52. The van der Waals surface area contributed by atoms with Gasteiger partial charge in [-0.25, -0.2) is 0 Å². The van der Waals surface area contributed by atoms with E-state index >= 15 is 0 Å². The summed E-state index contributed by atoms with van der Waals surface area (Å²) in [6, 6.07) is 0. The molecular weight excluding hydrogens is 374 g/mol. The summed E-state index contributed by atoms with van der Waals surface area (Å²) in [5.74, 6) is 0.258. The van der Waals surface area contributed by atoms with Crippen LogP contribution < -0.4 is 5.32 Å². The smallest absolute Gasteiger partial charge is 0.257 e. The SMILES string of the molecule is C/C=C(\C)[C@H]1C(C)=C[C@@]2(C)C[C@@H](C)CC[C@@H]2[C@H]1C(=O)C1=C[C@](O)(CC(C)C)NC1=O. The molecule has 1 heterocycles. The number of aliphatic hydroxyl groups is 1. The third-order valence-electron chi connectivity index (χ3n) is 7.64. The molecule has 6 atom stereocenters. The Bertz CT molecular complexity index is 820. The number of hydrogen-bond acceptors (Lipinski definition) is 3. The second kappa shape index (κ2) is 8.11. The molecule has 0 unspecified atom stereocenters. The van der Waals surface area contributed by atoms with Gasteiger partial charge in [-0.1, -0.05) is 57.4 Å². The Labute approximate surface area is 181 Å². The van der Waals surface area contributed by atoms with Crippen molar-refractivity contribution in [3.8, 4) is 0 Å². The van der Waals surface area contributed by atoms with Crippen LogP contribution in [0, 0.1) is 35.0 Å². The third kappa shape index (κ3) is 4.08. The van der Waals surface area contributed by atoms with Crippen LogP contribution in [0.5, 0.6) is 0 Å². The van der Waals surface area contributed by atoms with Crippen LogP contribution >= 0.6 is 0 Å². The Hall–Kier alpha value is -1.68. The van der Waals surface area contributed by atoms with Gasteiger partial charge in [0, 0.05) is 18.3 Å². The van der Waals surface area contributed by atoms with Gasteiger partial charge in [-0.3, -0.25) is 9.59 Å². The molecular formula is C26H39NO3. The van der Waals surface area contributed by atoms with Crippen LogP contribution in [-0.2, 0) is 9.59 Å². The first-order valence-corrected chi connectivity index (χ1v) is 11.5. The summed E-state index contributed by atoms with van der Waals surface area (Å²) in [4.78, 5) is 26.7. The highest BCUT2D eigenvalue weighted by molar-refractivity contribution is 6.22. The molecule has 1 amide bonds. The predicted molar refractivity (Wildman–Crippen MR) is 120 cm³/mol. The number of hydrogen-bond donors (Lipinski definition) is 2. The Kier molecular flexibility index (Phi) is 6.21. The lowest BCUT2D eigenvalue weighted by molar-refractivity contribution is -0.129. The number of carbonyl (C=O) groups is 2. The largest absolute Gasteiger partial charge is 0.367 e. The molecule has 0 aromatic heterocycles. The van der Waals surface area contributed by atoms with Crippen LogP contribution in [0.4, 0.5) is 0 Å². The molecule has 4 heteroatoms. The maximum Gasteiger partial charge on any atom is 0.257 e. The van der Waals surface area contributed by atoms with Gasteiger partial charge in [-0.2, -0.15) is 0 Å². The molecule has 0 saturated heterocycles. The van der Waals surface area contributed by atoms with E-state index in [-0.39, 0.29) is 40.4 Å². The number of rotatable bonds is 5. The summed E-state index contributed by atoms with van der Waals surface area (Å²) in [5.41, 5.74) is 1.10. The molecule has 0 bridgehead atoms. The fourth-order valence-electron chi connectivity index (χ4n) is 6.53. The van der Waals surface area contributed by atoms with Crippen LogP contribution in [0.2, 0.25) is 0 Å². The van der Waals surface area contributed by atoms with E-state index in [4.69, 9.17) is 0 Å². The Balaban J connectivity index is 2.06. The van der Waals surface area contributed by atoms with Crippen LogP contribution in [0.3, 0.4) is 0 Å². The molecule has 1 saturated carbocycles. The second-order valence-corrected chi connectivity index (χ2v) is 10.8. The monoisotopic (exact) mass is 413 g/mol. The molecule has 3 aliphatic rings. The summed E-state index contributed by atoms with van der Waals surface area (Å²) >= 11 is 0. The highest BCUT2D eigenvalue weighted by Crippen LogP contribution is 2.56. The minimum atomic E-state index is -1.43. The van der Waals surface area contributed by atoms with Gasteiger partial charge in [-0.05, 0) is 62.9 Å². The molecule has 0 aromatic rings. The average molecular weight is 414 g/mol. The van der Waals surface area contributed by atoms with Crippen molar-refractivity contribution in [2.75, 3.05) is 0 Å². The Morgan fingerprint density at radius 1 is 1.33 bits per heavy atom. The highest BCUT2D eigenvalue weighted by Gasteiger charge is 2.52. The first-order valence-electron chi connectivity index (χ1n) is 11.5. The summed E-state index contributed by atoms with van der Waals surface area (Å²) in [5, 5.41) is 13.5. The fraction of sp³-hybridized carbons (Fsp3) is 0.692. The number of amides is 1. The maximum atomic E-state index is 13.9. The summed E-state index contributed by atoms with van der Waals surface area (Å²) < 4.78 is 0. The number of nitrogens with one attached hydrogen (secondary N) is 1. The molecule has 3 rings (SSSR count). The van der Waals surface area contributed by atoms with Crippen LogP contribution in [0.15, 0.2) is 34.9 Å². The number of carbonyl (C=O) groups excluding carboxylic acids is 2. The van der Waals surface area contributed by atoms with Gasteiger partial charge < -0.3 is 10.4 Å². The number of Topliss-reactive ketones (excluding diaryl/α,β-unsaturated/α-hetero) is 1. The van der Waals surface area contributed by atoms with E-state index in [0.717, 1.165) is 19.3 Å². The maximum absolute atomic E-state index is 13.9. The summed E-state index contributed by atoms with van der Waals surface area (Å²) in [7, 11) is 0. The van der Waals surface area contributed by atoms with Crippen LogP contribution in [-0.4, -0.2) is 22.5 Å². The lowest BCUT2D eigenvalue weighted by Crippen LogP contribution is -2.48. The zero-order valence-corrected chi connectivity index (χ0v) is 19.7. The van der Waals surface area contributed by atoms with Crippen molar-refractivity contribution in [1.82, 2.24) is 5.32 Å². The quantitative estimate of drug-likeness (QED) is 0.495. The lowest BCUT2D eigenvalue weighted by atomic mass is 9.52. The molecule has 0 aromatic carbocycles.